The number of amides is 2. The highest BCUT2D eigenvalue weighted by Gasteiger charge is 2.25. The average Bonchev–Trinajstić information content (AvgIpc) is 3.41. The number of carbonyl (C=O) groups is 2. The summed E-state index contributed by atoms with van der Waals surface area (Å²) in [7, 11) is 0. The number of imidazole rings is 1. The lowest BCUT2D eigenvalue weighted by molar-refractivity contribution is -0.118. The molecule has 2 heterocycles. The molecule has 180 valence electrons. The van der Waals surface area contributed by atoms with Crippen molar-refractivity contribution in [1.29, 1.82) is 0 Å². The molecule has 2 N–H and O–H groups in total. The van der Waals surface area contributed by atoms with Crippen LogP contribution in [0.3, 0.4) is 0 Å². The van der Waals surface area contributed by atoms with Gasteiger partial charge >= 0.3 is 0 Å². The third-order valence-electron chi connectivity index (χ3n) is 6.66. The van der Waals surface area contributed by atoms with Crippen LogP contribution in [0, 0.1) is 12.8 Å². The van der Waals surface area contributed by atoms with Crippen molar-refractivity contribution in [2.45, 2.75) is 53.1 Å². The van der Waals surface area contributed by atoms with Gasteiger partial charge in [0.15, 0.2) is 0 Å². The third kappa shape index (κ3) is 5.14. The number of hydrogen-bond acceptors (Lipinski definition) is 4. The molecular formula is C27H35N5O2. The molecule has 1 unspecified atom stereocenters. The third-order valence-corrected chi connectivity index (χ3v) is 6.66. The van der Waals surface area contributed by atoms with Crippen molar-refractivity contribution in [2.75, 3.05) is 25.0 Å². The molecule has 7 heteroatoms. The summed E-state index contributed by atoms with van der Waals surface area (Å²) < 4.78 is 2.08. The molecule has 1 atom stereocenters. The predicted molar refractivity (Wildman–Crippen MR) is 136 cm³/mol. The minimum absolute atomic E-state index is 0.0873. The summed E-state index contributed by atoms with van der Waals surface area (Å²) >= 11 is 0. The number of benzene rings is 2. The van der Waals surface area contributed by atoms with Crippen LogP contribution in [0.15, 0.2) is 42.5 Å². The van der Waals surface area contributed by atoms with E-state index < -0.39 is 0 Å². The zero-order valence-electron chi connectivity index (χ0n) is 20.6. The molecule has 1 aromatic heterocycles. The zero-order chi connectivity index (χ0) is 24.2. The van der Waals surface area contributed by atoms with Gasteiger partial charge in [0.1, 0.15) is 5.82 Å². The Hall–Kier alpha value is -3.19. The van der Waals surface area contributed by atoms with Gasteiger partial charge in [0.25, 0.3) is 5.91 Å². The molecule has 2 aromatic carbocycles. The van der Waals surface area contributed by atoms with Crippen LogP contribution in [0.4, 0.5) is 5.69 Å². The predicted octanol–water partition coefficient (Wildman–Crippen LogP) is 4.20. The van der Waals surface area contributed by atoms with Crippen LogP contribution in [-0.2, 0) is 11.3 Å². The first-order valence-corrected chi connectivity index (χ1v) is 12.2. The lowest BCUT2D eigenvalue weighted by atomic mass is 10.1. The number of likely N-dealkylation sites (N-methyl/N-ethyl adjacent to an activating group) is 1. The minimum atomic E-state index is -0.159. The second-order valence-corrected chi connectivity index (χ2v) is 9.40. The molecule has 34 heavy (non-hydrogen) atoms. The molecule has 1 aliphatic rings. The fraction of sp³-hybridized carbons (Fsp3) is 0.444. The van der Waals surface area contributed by atoms with E-state index in [9.17, 15) is 9.59 Å². The Labute approximate surface area is 201 Å². The highest BCUT2D eigenvalue weighted by atomic mass is 16.2. The Kier molecular flexibility index (Phi) is 7.32. The van der Waals surface area contributed by atoms with E-state index in [0.717, 1.165) is 36.4 Å². The van der Waals surface area contributed by atoms with Gasteiger partial charge in [-0.15, -0.1) is 0 Å². The van der Waals surface area contributed by atoms with E-state index in [0.29, 0.717) is 35.9 Å². The molecule has 1 fully saturated rings. The monoisotopic (exact) mass is 461 g/mol. The average molecular weight is 462 g/mol. The smallest absolute Gasteiger partial charge is 0.253 e. The fourth-order valence-corrected chi connectivity index (χ4v) is 4.72. The second kappa shape index (κ2) is 10.4. The van der Waals surface area contributed by atoms with Gasteiger partial charge in [0.05, 0.1) is 16.6 Å². The Morgan fingerprint density at radius 1 is 1.18 bits per heavy atom. The number of anilines is 1. The van der Waals surface area contributed by atoms with E-state index in [1.165, 1.54) is 6.42 Å². The highest BCUT2D eigenvalue weighted by molar-refractivity contribution is 6.07. The van der Waals surface area contributed by atoms with Crippen LogP contribution in [0.25, 0.3) is 11.0 Å². The first-order valence-electron chi connectivity index (χ1n) is 12.2. The van der Waals surface area contributed by atoms with Crippen molar-refractivity contribution in [3.8, 4) is 0 Å². The van der Waals surface area contributed by atoms with Crippen LogP contribution in [-0.4, -0.2) is 51.9 Å². The van der Waals surface area contributed by atoms with Crippen molar-refractivity contribution in [1.82, 2.24) is 19.8 Å². The summed E-state index contributed by atoms with van der Waals surface area (Å²) in [6.07, 6.45) is 2.26. The van der Waals surface area contributed by atoms with Crippen LogP contribution in [0.5, 0.6) is 0 Å². The van der Waals surface area contributed by atoms with E-state index in [1.807, 2.05) is 45.0 Å². The Morgan fingerprint density at radius 3 is 2.65 bits per heavy atom. The van der Waals surface area contributed by atoms with Gasteiger partial charge in [-0.2, -0.15) is 0 Å². The van der Waals surface area contributed by atoms with Crippen molar-refractivity contribution < 1.29 is 9.59 Å². The molecule has 1 aliphatic heterocycles. The molecule has 4 rings (SSSR count). The fourth-order valence-electron chi connectivity index (χ4n) is 4.72. The van der Waals surface area contributed by atoms with Crippen molar-refractivity contribution in [2.24, 2.45) is 5.92 Å². The number of likely N-dealkylation sites (tertiary alicyclic amines) is 1. The summed E-state index contributed by atoms with van der Waals surface area (Å²) in [4.78, 5) is 33.0. The summed E-state index contributed by atoms with van der Waals surface area (Å²) in [6, 6.07) is 14.2. The number of hydrogen-bond donors (Lipinski definition) is 2. The van der Waals surface area contributed by atoms with Gasteiger partial charge in [-0.05, 0) is 50.6 Å². The summed E-state index contributed by atoms with van der Waals surface area (Å²) in [5.41, 5.74) is 3.76. The number of carbonyl (C=O) groups excluding carboxylic acids is 2. The zero-order valence-corrected chi connectivity index (χ0v) is 20.6. The first kappa shape index (κ1) is 24.0. The lowest BCUT2D eigenvalue weighted by Crippen LogP contribution is -2.40. The van der Waals surface area contributed by atoms with Crippen molar-refractivity contribution in [3.63, 3.8) is 0 Å². The first-order chi connectivity index (χ1) is 16.4. The van der Waals surface area contributed by atoms with E-state index in [2.05, 4.69) is 39.2 Å². The lowest BCUT2D eigenvalue weighted by Gasteiger charge is -2.23. The number of nitrogens with one attached hydrogen (secondary N) is 2. The summed E-state index contributed by atoms with van der Waals surface area (Å²) in [5, 5.41) is 6.11. The van der Waals surface area contributed by atoms with Crippen LogP contribution >= 0.6 is 0 Å². The molecule has 0 spiro atoms. The molecular weight excluding hydrogens is 426 g/mol. The van der Waals surface area contributed by atoms with Crippen LogP contribution in [0.1, 0.15) is 55.4 Å². The number of rotatable bonds is 8. The van der Waals surface area contributed by atoms with Crippen molar-refractivity contribution in [3.05, 3.63) is 59.4 Å². The minimum Gasteiger partial charge on any atom is -0.350 e. The van der Waals surface area contributed by atoms with Gasteiger partial charge in [-0.25, -0.2) is 4.98 Å². The SMILES string of the molecule is CCN1CCCC1CNC(=O)c1cc(NC(=O)C(C)C)cc2nc(C)n(Cc3ccccc3)c12. The second-order valence-electron chi connectivity index (χ2n) is 9.40. The molecule has 0 bridgehead atoms. The number of aromatic nitrogens is 2. The molecule has 7 nitrogen and oxygen atoms in total. The van der Waals surface area contributed by atoms with Gasteiger partial charge in [-0.3, -0.25) is 14.5 Å². The van der Waals surface area contributed by atoms with Gasteiger partial charge in [-0.1, -0.05) is 51.1 Å². The van der Waals surface area contributed by atoms with E-state index in [-0.39, 0.29) is 17.7 Å². The topological polar surface area (TPSA) is 79.3 Å². The molecule has 0 aliphatic carbocycles. The van der Waals surface area contributed by atoms with E-state index >= 15 is 0 Å². The summed E-state index contributed by atoms with van der Waals surface area (Å²) in [6.45, 7) is 11.1. The molecule has 0 saturated carbocycles. The normalized spacial score (nSPS) is 16.3. The highest BCUT2D eigenvalue weighted by Crippen LogP contribution is 2.27. The summed E-state index contributed by atoms with van der Waals surface area (Å²) in [5.74, 6) is 0.444. The largest absolute Gasteiger partial charge is 0.350 e. The maximum absolute atomic E-state index is 13.5. The van der Waals surface area contributed by atoms with Crippen molar-refractivity contribution >= 4 is 28.5 Å². The Bertz CT molecular complexity index is 1170. The number of nitrogens with zero attached hydrogens (tertiary/aromatic N) is 3. The van der Waals surface area contributed by atoms with Gasteiger partial charge in [0.2, 0.25) is 5.91 Å². The molecule has 1 saturated heterocycles. The van der Waals surface area contributed by atoms with Gasteiger partial charge in [0, 0.05) is 30.7 Å². The Balaban J connectivity index is 1.71. The quantitative estimate of drug-likeness (QED) is 0.527. The van der Waals surface area contributed by atoms with Crippen LogP contribution < -0.4 is 10.6 Å². The maximum Gasteiger partial charge on any atom is 0.253 e. The molecule has 3 aromatic rings. The molecule has 0 radical (unpaired) electrons. The van der Waals surface area contributed by atoms with Gasteiger partial charge < -0.3 is 15.2 Å². The number of fused-ring (bicyclic) bond motifs is 1. The standard InChI is InChI=1S/C27H35N5O2/c1-5-31-13-9-12-22(31)16-28-27(34)23-14-21(30-26(33)18(2)3)15-24-25(23)32(19(4)29-24)17-20-10-7-6-8-11-20/h6-8,10-11,14-15,18,22H,5,9,12-13,16-17H2,1-4H3,(H,28,34)(H,30,33). The molecule has 2 amide bonds. The Morgan fingerprint density at radius 2 is 1.94 bits per heavy atom. The van der Waals surface area contributed by atoms with E-state index in [1.54, 1.807) is 6.07 Å². The van der Waals surface area contributed by atoms with E-state index in [4.69, 9.17) is 4.98 Å². The maximum atomic E-state index is 13.5. The number of aryl methyl sites for hydroxylation is 1. The van der Waals surface area contributed by atoms with Crippen LogP contribution in [0.2, 0.25) is 0 Å².